The fourth-order valence-corrected chi connectivity index (χ4v) is 1.89. The minimum atomic E-state index is -0.191. The minimum absolute atomic E-state index is 0.191. The van der Waals surface area contributed by atoms with Gasteiger partial charge in [-0.2, -0.15) is 10.4 Å². The third-order valence-electron chi connectivity index (χ3n) is 2.78. The molecule has 0 fully saturated rings. The fraction of sp³-hybridized carbons (Fsp3) is 0.267. The smallest absolute Gasteiger partial charge is 0.269 e. The summed E-state index contributed by atoms with van der Waals surface area (Å²) >= 11 is 0. The largest absolute Gasteiger partial charge is 0.381 e. The Morgan fingerprint density at radius 1 is 1.40 bits per heavy atom. The second kappa shape index (κ2) is 6.02. The molecule has 0 atom stereocenters. The molecule has 5 heteroatoms. The van der Waals surface area contributed by atoms with Crippen LogP contribution < -0.4 is 10.9 Å². The summed E-state index contributed by atoms with van der Waals surface area (Å²) in [5, 5.41) is 16.3. The third kappa shape index (κ3) is 3.23. The van der Waals surface area contributed by atoms with Gasteiger partial charge in [-0.05, 0) is 25.5 Å². The van der Waals surface area contributed by atoms with Crippen LogP contribution in [0.5, 0.6) is 0 Å². The van der Waals surface area contributed by atoms with E-state index in [0.717, 1.165) is 5.56 Å². The van der Waals surface area contributed by atoms with Crippen LogP contribution in [-0.4, -0.2) is 15.8 Å². The first kappa shape index (κ1) is 13.8. The van der Waals surface area contributed by atoms with Gasteiger partial charge in [0.15, 0.2) is 0 Å². The second-order valence-corrected chi connectivity index (χ2v) is 4.81. The number of anilines is 1. The van der Waals surface area contributed by atoms with Crippen molar-refractivity contribution >= 4 is 5.69 Å². The van der Waals surface area contributed by atoms with Gasteiger partial charge in [0, 0.05) is 12.1 Å². The Hall–Kier alpha value is -2.61. The molecule has 1 N–H and O–H groups in total. The molecule has 2 rings (SSSR count). The Kier molecular flexibility index (Phi) is 4.16. The van der Waals surface area contributed by atoms with Gasteiger partial charge in [0.05, 0.1) is 30.1 Å². The van der Waals surface area contributed by atoms with Crippen LogP contribution in [0.15, 0.2) is 41.3 Å². The van der Waals surface area contributed by atoms with Gasteiger partial charge in [-0.3, -0.25) is 4.79 Å². The van der Waals surface area contributed by atoms with E-state index < -0.39 is 0 Å². The number of rotatable bonds is 4. The summed E-state index contributed by atoms with van der Waals surface area (Å²) in [6, 6.07) is 11.1. The molecule has 1 aromatic heterocycles. The van der Waals surface area contributed by atoms with E-state index in [9.17, 15) is 4.79 Å². The quantitative estimate of drug-likeness (QED) is 0.920. The summed E-state index contributed by atoms with van der Waals surface area (Å²) in [5.41, 5.74) is 1.86. The van der Waals surface area contributed by atoms with Gasteiger partial charge >= 0.3 is 0 Å². The lowest BCUT2D eigenvalue weighted by Gasteiger charge is -2.11. The number of aromatic nitrogens is 2. The van der Waals surface area contributed by atoms with E-state index in [1.165, 1.54) is 10.7 Å². The van der Waals surface area contributed by atoms with E-state index in [2.05, 4.69) is 16.5 Å². The van der Waals surface area contributed by atoms with Crippen molar-refractivity contribution in [2.24, 2.45) is 0 Å². The molecule has 0 bridgehead atoms. The molecule has 1 heterocycles. The predicted molar refractivity (Wildman–Crippen MR) is 77.5 cm³/mol. The van der Waals surface area contributed by atoms with Crippen LogP contribution in [0.2, 0.25) is 0 Å². The van der Waals surface area contributed by atoms with Crippen molar-refractivity contribution in [1.29, 1.82) is 5.26 Å². The maximum absolute atomic E-state index is 12.0. The van der Waals surface area contributed by atoms with Crippen molar-refractivity contribution in [3.63, 3.8) is 0 Å². The first-order chi connectivity index (χ1) is 9.60. The summed E-state index contributed by atoms with van der Waals surface area (Å²) in [6.45, 7) is 4.29. The standard InChI is InChI=1S/C15H16N4O/c1-11(2)18-14-7-15(20)19(17-9-14)10-13-6-4-3-5-12(13)8-16/h3-7,9,11,18H,10H2,1-2H3. The molecule has 102 valence electrons. The Morgan fingerprint density at radius 3 is 2.80 bits per heavy atom. The SMILES string of the molecule is CC(C)Nc1cnn(Cc2ccccc2C#N)c(=O)c1. The van der Waals surface area contributed by atoms with E-state index in [0.29, 0.717) is 17.8 Å². The molecule has 0 unspecified atom stereocenters. The van der Waals surface area contributed by atoms with Crippen LogP contribution in [0.25, 0.3) is 0 Å². The van der Waals surface area contributed by atoms with Crippen LogP contribution >= 0.6 is 0 Å². The van der Waals surface area contributed by atoms with Gasteiger partial charge in [-0.25, -0.2) is 4.68 Å². The minimum Gasteiger partial charge on any atom is -0.381 e. The second-order valence-electron chi connectivity index (χ2n) is 4.81. The number of hydrogen-bond acceptors (Lipinski definition) is 4. The summed E-state index contributed by atoms with van der Waals surface area (Å²) in [4.78, 5) is 12.0. The van der Waals surface area contributed by atoms with Crippen LogP contribution in [-0.2, 0) is 6.54 Å². The van der Waals surface area contributed by atoms with Crippen LogP contribution in [0, 0.1) is 11.3 Å². The maximum atomic E-state index is 12.0. The van der Waals surface area contributed by atoms with Gasteiger partial charge in [0.25, 0.3) is 5.56 Å². The van der Waals surface area contributed by atoms with Crippen molar-refractivity contribution in [2.45, 2.75) is 26.4 Å². The maximum Gasteiger partial charge on any atom is 0.269 e. The number of nitrogens with zero attached hydrogens (tertiary/aromatic N) is 3. The number of benzene rings is 1. The van der Waals surface area contributed by atoms with E-state index in [4.69, 9.17) is 5.26 Å². The highest BCUT2D eigenvalue weighted by Gasteiger charge is 2.05. The van der Waals surface area contributed by atoms with E-state index in [-0.39, 0.29) is 11.6 Å². The molecular formula is C15H16N4O. The van der Waals surface area contributed by atoms with Crippen molar-refractivity contribution in [1.82, 2.24) is 9.78 Å². The first-order valence-corrected chi connectivity index (χ1v) is 6.42. The number of hydrogen-bond donors (Lipinski definition) is 1. The fourth-order valence-electron chi connectivity index (χ4n) is 1.89. The van der Waals surface area contributed by atoms with E-state index in [1.54, 1.807) is 18.3 Å². The van der Waals surface area contributed by atoms with Crippen molar-refractivity contribution < 1.29 is 0 Å². The predicted octanol–water partition coefficient (Wildman–Crippen LogP) is 1.98. The van der Waals surface area contributed by atoms with Gasteiger partial charge in [0.2, 0.25) is 0 Å². The lowest BCUT2D eigenvalue weighted by atomic mass is 10.1. The molecular weight excluding hydrogens is 252 g/mol. The molecule has 0 saturated heterocycles. The monoisotopic (exact) mass is 268 g/mol. The summed E-state index contributed by atoms with van der Waals surface area (Å²) < 4.78 is 1.35. The zero-order valence-electron chi connectivity index (χ0n) is 11.5. The first-order valence-electron chi connectivity index (χ1n) is 6.42. The van der Waals surface area contributed by atoms with Gasteiger partial charge in [-0.1, -0.05) is 18.2 Å². The van der Waals surface area contributed by atoms with Crippen molar-refractivity contribution in [3.05, 3.63) is 58.0 Å². The van der Waals surface area contributed by atoms with E-state index >= 15 is 0 Å². The molecule has 0 aliphatic rings. The molecule has 0 saturated carbocycles. The van der Waals surface area contributed by atoms with Crippen LogP contribution in [0.3, 0.4) is 0 Å². The summed E-state index contributed by atoms with van der Waals surface area (Å²) in [7, 11) is 0. The highest BCUT2D eigenvalue weighted by atomic mass is 16.1. The van der Waals surface area contributed by atoms with Crippen LogP contribution in [0.1, 0.15) is 25.0 Å². The molecule has 0 spiro atoms. The molecule has 1 aromatic carbocycles. The number of nitrogens with one attached hydrogen (secondary N) is 1. The number of nitriles is 1. The summed E-state index contributed by atoms with van der Waals surface area (Å²) in [6.07, 6.45) is 1.62. The molecule has 20 heavy (non-hydrogen) atoms. The molecule has 2 aromatic rings. The highest BCUT2D eigenvalue weighted by Crippen LogP contribution is 2.08. The normalized spacial score (nSPS) is 10.3. The van der Waals surface area contributed by atoms with Gasteiger partial charge < -0.3 is 5.32 Å². The average molecular weight is 268 g/mol. The Balaban J connectivity index is 2.27. The molecule has 5 nitrogen and oxygen atoms in total. The average Bonchev–Trinajstić information content (AvgIpc) is 2.42. The third-order valence-corrected chi connectivity index (χ3v) is 2.78. The zero-order chi connectivity index (χ0) is 14.5. The zero-order valence-corrected chi connectivity index (χ0v) is 11.5. The highest BCUT2D eigenvalue weighted by molar-refractivity contribution is 5.40. The van der Waals surface area contributed by atoms with Crippen molar-refractivity contribution in [2.75, 3.05) is 5.32 Å². The Morgan fingerprint density at radius 2 is 2.15 bits per heavy atom. The lowest BCUT2D eigenvalue weighted by Crippen LogP contribution is -2.24. The lowest BCUT2D eigenvalue weighted by molar-refractivity contribution is 0.638. The molecule has 0 aliphatic carbocycles. The van der Waals surface area contributed by atoms with Gasteiger partial charge in [-0.15, -0.1) is 0 Å². The van der Waals surface area contributed by atoms with Gasteiger partial charge in [0.1, 0.15) is 0 Å². The van der Waals surface area contributed by atoms with E-state index in [1.807, 2.05) is 26.0 Å². The molecule has 0 radical (unpaired) electrons. The Bertz CT molecular complexity index is 698. The molecule has 0 amide bonds. The molecule has 0 aliphatic heterocycles. The summed E-state index contributed by atoms with van der Waals surface area (Å²) in [5.74, 6) is 0. The van der Waals surface area contributed by atoms with Crippen molar-refractivity contribution in [3.8, 4) is 6.07 Å². The van der Waals surface area contributed by atoms with Crippen LogP contribution in [0.4, 0.5) is 5.69 Å². The Labute approximate surface area is 117 Å². The topological polar surface area (TPSA) is 70.7 Å².